The van der Waals surface area contributed by atoms with Gasteiger partial charge in [0.25, 0.3) is 0 Å². The average Bonchev–Trinajstić information content (AvgIpc) is 2.75. The van der Waals surface area contributed by atoms with Crippen molar-refractivity contribution in [2.45, 2.75) is 26.2 Å². The molecular weight excluding hydrogens is 326 g/mol. The Hall–Kier alpha value is -1.86. The minimum absolute atomic E-state index is 0.111. The Bertz CT molecular complexity index is 690. The van der Waals surface area contributed by atoms with E-state index in [0.717, 1.165) is 15.7 Å². The van der Waals surface area contributed by atoms with Gasteiger partial charge in [-0.05, 0) is 38.5 Å². The lowest BCUT2D eigenvalue weighted by Gasteiger charge is -2.19. The van der Waals surface area contributed by atoms with E-state index in [9.17, 15) is 5.26 Å². The Morgan fingerprint density at radius 1 is 1.29 bits per heavy atom. The SMILES string of the molecule is Cn1ncc(Br)c1/C=C(\C#N)c1ccc(C(C)(C)C)cc1. The van der Waals surface area contributed by atoms with E-state index in [4.69, 9.17) is 0 Å². The molecule has 21 heavy (non-hydrogen) atoms. The van der Waals surface area contributed by atoms with Crippen LogP contribution >= 0.6 is 15.9 Å². The summed E-state index contributed by atoms with van der Waals surface area (Å²) >= 11 is 3.45. The van der Waals surface area contributed by atoms with Gasteiger partial charge in [0.15, 0.2) is 0 Å². The van der Waals surface area contributed by atoms with E-state index in [1.54, 1.807) is 10.9 Å². The van der Waals surface area contributed by atoms with Gasteiger partial charge in [-0.1, -0.05) is 45.0 Å². The van der Waals surface area contributed by atoms with Gasteiger partial charge in [-0.2, -0.15) is 10.4 Å². The van der Waals surface area contributed by atoms with Crippen LogP contribution in [0.1, 0.15) is 37.6 Å². The van der Waals surface area contributed by atoms with Crippen molar-refractivity contribution < 1.29 is 0 Å². The van der Waals surface area contributed by atoms with Crippen LogP contribution in [0.25, 0.3) is 11.6 Å². The van der Waals surface area contributed by atoms with Crippen LogP contribution in [0.2, 0.25) is 0 Å². The summed E-state index contributed by atoms with van der Waals surface area (Å²) in [6.45, 7) is 6.53. The summed E-state index contributed by atoms with van der Waals surface area (Å²) in [5.41, 5.74) is 3.79. The zero-order valence-corrected chi connectivity index (χ0v) is 14.3. The Labute approximate surface area is 134 Å². The fourth-order valence-corrected chi connectivity index (χ4v) is 2.51. The van der Waals surface area contributed by atoms with Crippen LogP contribution in [0.5, 0.6) is 0 Å². The lowest BCUT2D eigenvalue weighted by molar-refractivity contribution is 0.590. The third-order valence-electron chi connectivity index (χ3n) is 3.40. The van der Waals surface area contributed by atoms with Crippen molar-refractivity contribution >= 4 is 27.6 Å². The first-order valence-electron chi connectivity index (χ1n) is 6.73. The number of rotatable bonds is 2. The summed E-state index contributed by atoms with van der Waals surface area (Å²) in [4.78, 5) is 0. The van der Waals surface area contributed by atoms with Crippen LogP contribution in [-0.4, -0.2) is 9.78 Å². The second-order valence-corrected chi connectivity index (χ2v) is 6.85. The highest BCUT2D eigenvalue weighted by Crippen LogP contribution is 2.26. The van der Waals surface area contributed by atoms with Gasteiger partial charge >= 0.3 is 0 Å². The van der Waals surface area contributed by atoms with Gasteiger partial charge in [-0.15, -0.1) is 0 Å². The molecular formula is C17H18BrN3. The predicted molar refractivity (Wildman–Crippen MR) is 89.5 cm³/mol. The smallest absolute Gasteiger partial charge is 0.0998 e. The van der Waals surface area contributed by atoms with Gasteiger partial charge in [-0.3, -0.25) is 4.68 Å². The lowest BCUT2D eigenvalue weighted by Crippen LogP contribution is -2.10. The van der Waals surface area contributed by atoms with E-state index in [0.29, 0.717) is 5.57 Å². The molecule has 0 aliphatic rings. The third kappa shape index (κ3) is 3.43. The van der Waals surface area contributed by atoms with Crippen molar-refractivity contribution in [2.75, 3.05) is 0 Å². The van der Waals surface area contributed by atoms with E-state index in [1.807, 2.05) is 25.3 Å². The van der Waals surface area contributed by atoms with Gasteiger partial charge < -0.3 is 0 Å². The molecule has 4 heteroatoms. The molecule has 0 amide bonds. The normalized spacial score (nSPS) is 12.3. The van der Waals surface area contributed by atoms with E-state index >= 15 is 0 Å². The van der Waals surface area contributed by atoms with Crippen molar-refractivity contribution in [3.05, 3.63) is 51.8 Å². The van der Waals surface area contributed by atoms with Crippen molar-refractivity contribution in [1.29, 1.82) is 5.26 Å². The molecule has 0 aliphatic heterocycles. The standard InChI is InChI=1S/C17H18BrN3/c1-17(2,3)14-7-5-12(6-8-14)13(10-19)9-16-15(18)11-20-21(16)4/h5-9,11H,1-4H3/b13-9+. The molecule has 0 saturated carbocycles. The lowest BCUT2D eigenvalue weighted by atomic mass is 9.86. The highest BCUT2D eigenvalue weighted by molar-refractivity contribution is 9.10. The van der Waals surface area contributed by atoms with Crippen molar-refractivity contribution in [2.24, 2.45) is 7.05 Å². The van der Waals surface area contributed by atoms with Crippen LogP contribution in [0.3, 0.4) is 0 Å². The van der Waals surface area contributed by atoms with Crippen LogP contribution in [0.4, 0.5) is 0 Å². The Morgan fingerprint density at radius 3 is 2.33 bits per heavy atom. The summed E-state index contributed by atoms with van der Waals surface area (Å²) in [5, 5.41) is 13.6. The molecule has 108 valence electrons. The number of halogens is 1. The number of nitrogens with zero attached hydrogens (tertiary/aromatic N) is 3. The Balaban J connectivity index is 2.42. The van der Waals surface area contributed by atoms with Gasteiger partial charge in [0.2, 0.25) is 0 Å². The minimum atomic E-state index is 0.111. The maximum absolute atomic E-state index is 9.43. The Kier molecular flexibility index (Phi) is 4.34. The maximum atomic E-state index is 9.43. The van der Waals surface area contributed by atoms with E-state index < -0.39 is 0 Å². The Morgan fingerprint density at radius 2 is 1.90 bits per heavy atom. The van der Waals surface area contributed by atoms with Gasteiger partial charge in [0.05, 0.1) is 28.0 Å². The third-order valence-corrected chi connectivity index (χ3v) is 4.01. The number of aromatic nitrogens is 2. The van der Waals surface area contributed by atoms with E-state index in [2.05, 4.69) is 60.0 Å². The number of benzene rings is 1. The monoisotopic (exact) mass is 343 g/mol. The summed E-state index contributed by atoms with van der Waals surface area (Å²) in [5.74, 6) is 0. The highest BCUT2D eigenvalue weighted by Gasteiger charge is 2.14. The fourth-order valence-electron chi connectivity index (χ4n) is 2.05. The maximum Gasteiger partial charge on any atom is 0.0998 e. The summed E-state index contributed by atoms with van der Waals surface area (Å²) in [6, 6.07) is 10.4. The second-order valence-electron chi connectivity index (χ2n) is 6.00. The molecule has 0 aliphatic carbocycles. The quantitative estimate of drug-likeness (QED) is 0.751. The molecule has 0 bridgehead atoms. The predicted octanol–water partition coefficient (Wildman–Crippen LogP) is 4.54. The molecule has 1 aromatic carbocycles. The summed E-state index contributed by atoms with van der Waals surface area (Å²) < 4.78 is 2.62. The number of aryl methyl sites for hydroxylation is 1. The molecule has 0 saturated heterocycles. The van der Waals surface area contributed by atoms with Crippen LogP contribution in [0, 0.1) is 11.3 Å². The van der Waals surface area contributed by atoms with Gasteiger partial charge in [-0.25, -0.2) is 0 Å². The minimum Gasteiger partial charge on any atom is -0.267 e. The van der Waals surface area contributed by atoms with Crippen molar-refractivity contribution in [3.8, 4) is 6.07 Å². The van der Waals surface area contributed by atoms with Crippen LogP contribution in [0.15, 0.2) is 34.9 Å². The van der Waals surface area contributed by atoms with Gasteiger partial charge in [0, 0.05) is 7.05 Å². The molecule has 1 aromatic heterocycles. The molecule has 0 spiro atoms. The molecule has 2 rings (SSSR count). The van der Waals surface area contributed by atoms with Crippen LogP contribution in [-0.2, 0) is 12.5 Å². The first kappa shape index (κ1) is 15.5. The topological polar surface area (TPSA) is 41.6 Å². The largest absolute Gasteiger partial charge is 0.267 e. The zero-order valence-electron chi connectivity index (χ0n) is 12.7. The molecule has 1 heterocycles. The molecule has 0 fully saturated rings. The van der Waals surface area contributed by atoms with E-state index in [-0.39, 0.29) is 5.41 Å². The zero-order chi connectivity index (χ0) is 15.6. The number of allylic oxidation sites excluding steroid dienone is 1. The second kappa shape index (κ2) is 5.87. The van der Waals surface area contributed by atoms with Crippen molar-refractivity contribution in [1.82, 2.24) is 9.78 Å². The molecule has 0 radical (unpaired) electrons. The molecule has 0 N–H and O–H groups in total. The molecule has 3 nitrogen and oxygen atoms in total. The number of hydrogen-bond acceptors (Lipinski definition) is 2. The number of nitriles is 1. The first-order valence-corrected chi connectivity index (χ1v) is 7.52. The number of hydrogen-bond donors (Lipinski definition) is 0. The molecule has 0 atom stereocenters. The molecule has 0 unspecified atom stereocenters. The average molecular weight is 344 g/mol. The first-order chi connectivity index (χ1) is 9.82. The van der Waals surface area contributed by atoms with E-state index in [1.165, 1.54) is 5.56 Å². The highest BCUT2D eigenvalue weighted by atomic mass is 79.9. The van der Waals surface area contributed by atoms with Gasteiger partial charge in [0.1, 0.15) is 0 Å². The van der Waals surface area contributed by atoms with Crippen LogP contribution < -0.4 is 0 Å². The fraction of sp³-hybridized carbons (Fsp3) is 0.294. The van der Waals surface area contributed by atoms with Crippen molar-refractivity contribution in [3.63, 3.8) is 0 Å². The summed E-state index contributed by atoms with van der Waals surface area (Å²) in [7, 11) is 1.86. The molecule has 2 aromatic rings. The summed E-state index contributed by atoms with van der Waals surface area (Å²) in [6.07, 6.45) is 3.58.